The Kier molecular flexibility index (Phi) is 2.43. The van der Waals surface area contributed by atoms with Crippen LogP contribution in [0.15, 0.2) is 30.6 Å². The number of benzene rings is 1. The van der Waals surface area contributed by atoms with Crippen molar-refractivity contribution < 1.29 is 9.90 Å². The number of aromatic hydroxyl groups is 1. The van der Waals surface area contributed by atoms with Gasteiger partial charge in [-0.05, 0) is 37.6 Å². The monoisotopic (exact) mass is 296 g/mol. The zero-order chi connectivity index (χ0) is 15.5. The number of hydrogen-bond donors (Lipinski definition) is 4. The first kappa shape index (κ1) is 12.9. The molecule has 0 saturated heterocycles. The van der Waals surface area contributed by atoms with Crippen molar-refractivity contribution in [1.82, 2.24) is 4.98 Å². The van der Waals surface area contributed by atoms with E-state index in [0.717, 1.165) is 28.2 Å². The lowest BCUT2D eigenvalue weighted by Gasteiger charge is -2.15. The molecule has 1 aromatic heterocycles. The minimum absolute atomic E-state index is 0.00880. The van der Waals surface area contributed by atoms with Crippen molar-refractivity contribution in [2.24, 2.45) is 0 Å². The van der Waals surface area contributed by atoms with Gasteiger partial charge in [0.2, 0.25) is 5.91 Å². The molecule has 2 aromatic rings. The van der Waals surface area contributed by atoms with Crippen LogP contribution in [-0.2, 0) is 10.2 Å². The molecule has 1 unspecified atom stereocenters. The number of amides is 1. The Morgan fingerprint density at radius 2 is 1.91 bits per heavy atom. The number of rotatable bonds is 1. The van der Waals surface area contributed by atoms with Gasteiger partial charge in [-0.15, -0.1) is 0 Å². The van der Waals surface area contributed by atoms with Crippen molar-refractivity contribution in [2.75, 3.05) is 16.0 Å². The normalized spacial score (nSPS) is 20.6. The predicted octanol–water partition coefficient (Wildman–Crippen LogP) is 2.55. The van der Waals surface area contributed by atoms with Crippen LogP contribution in [0.4, 0.5) is 17.1 Å². The molecular weight excluding hydrogens is 280 g/mol. The molecule has 1 aromatic carbocycles. The van der Waals surface area contributed by atoms with Crippen LogP contribution >= 0.6 is 0 Å². The third kappa shape index (κ3) is 1.67. The van der Waals surface area contributed by atoms with Crippen LogP contribution in [0.3, 0.4) is 0 Å². The lowest BCUT2D eigenvalue weighted by molar-refractivity contribution is -0.119. The second kappa shape index (κ2) is 4.13. The summed E-state index contributed by atoms with van der Waals surface area (Å²) >= 11 is 0. The number of nitrogens with one attached hydrogen (secondary N) is 3. The fraction of sp³-hybridized carbons (Fsp3) is 0.250. The molecule has 4 N–H and O–H groups in total. The molecule has 0 spiro atoms. The van der Waals surface area contributed by atoms with Gasteiger partial charge in [0.25, 0.3) is 0 Å². The Balaban J connectivity index is 1.72. The zero-order valence-electron chi connectivity index (χ0n) is 12.3. The first-order valence-electron chi connectivity index (χ1n) is 7.13. The van der Waals surface area contributed by atoms with E-state index in [-0.39, 0.29) is 17.8 Å². The van der Waals surface area contributed by atoms with Gasteiger partial charge in [0.1, 0.15) is 11.9 Å². The molecule has 2 aliphatic heterocycles. The van der Waals surface area contributed by atoms with Gasteiger partial charge in [-0.3, -0.25) is 9.78 Å². The molecule has 112 valence electrons. The van der Waals surface area contributed by atoms with E-state index < -0.39 is 5.41 Å². The number of pyridine rings is 1. The number of nitrogens with zero attached hydrogens (tertiary/aromatic N) is 1. The van der Waals surface area contributed by atoms with Crippen LogP contribution in [0.5, 0.6) is 5.75 Å². The minimum atomic E-state index is -0.539. The predicted molar refractivity (Wildman–Crippen MR) is 84.0 cm³/mol. The van der Waals surface area contributed by atoms with E-state index >= 15 is 0 Å². The molecule has 2 aliphatic rings. The van der Waals surface area contributed by atoms with Crippen molar-refractivity contribution in [3.05, 3.63) is 41.7 Å². The SMILES string of the molecule is CC1(C)C(=O)Nc2cc3c(cc21)NC(c1ccncc1O)N3. The summed E-state index contributed by atoms with van der Waals surface area (Å²) in [5.41, 5.74) is 3.83. The van der Waals surface area contributed by atoms with E-state index in [1.54, 1.807) is 12.3 Å². The third-order valence-corrected chi connectivity index (χ3v) is 4.39. The topological polar surface area (TPSA) is 86.3 Å². The van der Waals surface area contributed by atoms with Crippen LogP contribution in [0.1, 0.15) is 31.1 Å². The second-order valence-electron chi connectivity index (χ2n) is 6.18. The average Bonchev–Trinajstić information content (AvgIpc) is 2.97. The molecule has 1 atom stereocenters. The molecule has 4 rings (SSSR count). The summed E-state index contributed by atoms with van der Waals surface area (Å²) in [4.78, 5) is 15.9. The van der Waals surface area contributed by atoms with Crippen LogP contribution in [-0.4, -0.2) is 16.0 Å². The van der Waals surface area contributed by atoms with Gasteiger partial charge in [0.15, 0.2) is 0 Å². The summed E-state index contributed by atoms with van der Waals surface area (Å²) in [6.07, 6.45) is 2.84. The molecule has 0 saturated carbocycles. The Bertz CT molecular complexity index is 801. The highest BCUT2D eigenvalue weighted by Gasteiger charge is 2.40. The van der Waals surface area contributed by atoms with Crippen molar-refractivity contribution in [2.45, 2.75) is 25.4 Å². The fourth-order valence-electron chi connectivity index (χ4n) is 3.00. The molecule has 0 bridgehead atoms. The van der Waals surface area contributed by atoms with E-state index in [4.69, 9.17) is 0 Å². The first-order valence-corrected chi connectivity index (χ1v) is 7.13. The molecule has 6 heteroatoms. The first-order chi connectivity index (χ1) is 10.5. The quantitative estimate of drug-likeness (QED) is 0.650. The van der Waals surface area contributed by atoms with Crippen LogP contribution in [0, 0.1) is 0 Å². The van der Waals surface area contributed by atoms with E-state index in [1.165, 1.54) is 6.20 Å². The molecule has 1 amide bonds. The number of hydrogen-bond acceptors (Lipinski definition) is 5. The smallest absolute Gasteiger partial charge is 0.234 e. The number of aromatic nitrogens is 1. The highest BCUT2D eigenvalue weighted by atomic mass is 16.3. The third-order valence-electron chi connectivity index (χ3n) is 4.39. The van der Waals surface area contributed by atoms with E-state index in [9.17, 15) is 9.90 Å². The van der Waals surface area contributed by atoms with E-state index in [0.29, 0.717) is 0 Å². The number of anilines is 3. The Labute approximate surface area is 127 Å². The Hall–Kier alpha value is -2.76. The Morgan fingerprint density at radius 1 is 1.18 bits per heavy atom. The van der Waals surface area contributed by atoms with Gasteiger partial charge < -0.3 is 21.1 Å². The van der Waals surface area contributed by atoms with Gasteiger partial charge in [0, 0.05) is 17.4 Å². The molecule has 6 nitrogen and oxygen atoms in total. The van der Waals surface area contributed by atoms with Gasteiger partial charge in [-0.25, -0.2) is 0 Å². The van der Waals surface area contributed by atoms with Gasteiger partial charge in [0.05, 0.1) is 23.0 Å². The molecule has 3 heterocycles. The standard InChI is InChI=1S/C16H16N4O2/c1-16(2)9-5-11-12(6-10(9)20-15(16)22)19-14(18-11)8-3-4-17-7-13(8)21/h3-7,14,18-19,21H,1-2H3,(H,20,22). The maximum Gasteiger partial charge on any atom is 0.234 e. The summed E-state index contributed by atoms with van der Waals surface area (Å²) < 4.78 is 0. The number of carbonyl (C=O) groups excluding carboxylic acids is 1. The molecule has 0 aliphatic carbocycles. The van der Waals surface area contributed by atoms with Crippen molar-refractivity contribution in [3.63, 3.8) is 0 Å². The van der Waals surface area contributed by atoms with Gasteiger partial charge in [-0.1, -0.05) is 0 Å². The van der Waals surface area contributed by atoms with Gasteiger partial charge in [-0.2, -0.15) is 0 Å². The Morgan fingerprint density at radius 3 is 2.64 bits per heavy atom. The van der Waals surface area contributed by atoms with Crippen LogP contribution < -0.4 is 16.0 Å². The van der Waals surface area contributed by atoms with Crippen molar-refractivity contribution >= 4 is 23.0 Å². The lowest BCUT2D eigenvalue weighted by atomic mass is 9.86. The maximum atomic E-state index is 12.0. The average molecular weight is 296 g/mol. The number of carbonyl (C=O) groups is 1. The molecule has 22 heavy (non-hydrogen) atoms. The van der Waals surface area contributed by atoms with Crippen LogP contribution in [0.25, 0.3) is 0 Å². The van der Waals surface area contributed by atoms with E-state index in [2.05, 4.69) is 20.9 Å². The highest BCUT2D eigenvalue weighted by Crippen LogP contribution is 2.46. The minimum Gasteiger partial charge on any atom is -0.506 e. The van der Waals surface area contributed by atoms with Gasteiger partial charge >= 0.3 is 0 Å². The highest BCUT2D eigenvalue weighted by molar-refractivity contribution is 6.07. The molecular formula is C16H16N4O2. The summed E-state index contributed by atoms with van der Waals surface area (Å²) in [7, 11) is 0. The second-order valence-corrected chi connectivity index (χ2v) is 6.18. The number of fused-ring (bicyclic) bond motifs is 2. The molecule has 0 radical (unpaired) electrons. The van der Waals surface area contributed by atoms with E-state index in [1.807, 2.05) is 26.0 Å². The summed E-state index contributed by atoms with van der Waals surface area (Å²) in [5.74, 6) is 0.149. The van der Waals surface area contributed by atoms with Crippen molar-refractivity contribution in [3.8, 4) is 5.75 Å². The van der Waals surface area contributed by atoms with Crippen LogP contribution in [0.2, 0.25) is 0 Å². The summed E-state index contributed by atoms with van der Waals surface area (Å²) in [6.45, 7) is 3.82. The van der Waals surface area contributed by atoms with Crippen molar-refractivity contribution in [1.29, 1.82) is 0 Å². The summed E-state index contributed by atoms with van der Waals surface area (Å²) in [6, 6.07) is 5.70. The largest absolute Gasteiger partial charge is 0.506 e. The molecule has 0 fully saturated rings. The fourth-order valence-corrected chi connectivity index (χ4v) is 3.00. The summed E-state index contributed by atoms with van der Waals surface area (Å²) in [5, 5.41) is 19.5. The zero-order valence-corrected chi connectivity index (χ0v) is 12.3. The lowest BCUT2D eigenvalue weighted by Crippen LogP contribution is -2.26. The maximum absolute atomic E-state index is 12.0.